The van der Waals surface area contributed by atoms with E-state index in [0.29, 0.717) is 23.4 Å². The second-order valence-corrected chi connectivity index (χ2v) is 8.66. The first-order chi connectivity index (χ1) is 15.3. The minimum absolute atomic E-state index is 0.0959. The van der Waals surface area contributed by atoms with Crippen LogP contribution in [0.3, 0.4) is 0 Å². The maximum absolute atomic E-state index is 13.6. The molecule has 6 nitrogen and oxygen atoms in total. The third-order valence-electron chi connectivity index (χ3n) is 5.89. The van der Waals surface area contributed by atoms with Crippen LogP contribution in [0.25, 0.3) is 0 Å². The summed E-state index contributed by atoms with van der Waals surface area (Å²) in [5.74, 6) is -3.20. The van der Waals surface area contributed by atoms with Crippen LogP contribution in [0.5, 0.6) is 0 Å². The smallest absolute Gasteiger partial charge is 0.275 e. The summed E-state index contributed by atoms with van der Waals surface area (Å²) in [5, 5.41) is 2.43. The van der Waals surface area contributed by atoms with Crippen molar-refractivity contribution in [3.63, 3.8) is 0 Å². The molecule has 3 atom stereocenters. The van der Waals surface area contributed by atoms with Gasteiger partial charge in [0, 0.05) is 10.6 Å². The Kier molecular flexibility index (Phi) is 6.17. The summed E-state index contributed by atoms with van der Waals surface area (Å²) in [7, 11) is 0. The number of allylic oxidation sites excluding steroid dienone is 2. The molecular formula is C24H20Cl2N2O4. The Hall–Kier alpha value is -2.96. The summed E-state index contributed by atoms with van der Waals surface area (Å²) in [6.45, 7) is 1.49. The number of hydrazine groups is 1. The fourth-order valence-corrected chi connectivity index (χ4v) is 4.50. The largest absolute Gasteiger partial charge is 0.292 e. The second-order valence-electron chi connectivity index (χ2n) is 7.82. The van der Waals surface area contributed by atoms with E-state index in [1.807, 2.05) is 12.2 Å². The molecule has 0 bridgehead atoms. The van der Waals surface area contributed by atoms with E-state index in [1.165, 1.54) is 31.2 Å². The molecule has 1 heterocycles. The van der Waals surface area contributed by atoms with E-state index in [9.17, 15) is 19.2 Å². The fourth-order valence-electron chi connectivity index (χ4n) is 4.16. The van der Waals surface area contributed by atoms with Crippen molar-refractivity contribution in [1.82, 2.24) is 10.0 Å². The van der Waals surface area contributed by atoms with Gasteiger partial charge in [0.05, 0.1) is 22.4 Å². The number of benzene rings is 2. The van der Waals surface area contributed by atoms with Gasteiger partial charge >= 0.3 is 0 Å². The molecule has 1 saturated heterocycles. The highest BCUT2D eigenvalue weighted by atomic mass is 35.5. The molecule has 164 valence electrons. The molecular weight excluding hydrogens is 451 g/mol. The zero-order valence-electron chi connectivity index (χ0n) is 17.2. The van der Waals surface area contributed by atoms with Gasteiger partial charge in [-0.3, -0.25) is 19.2 Å². The van der Waals surface area contributed by atoms with E-state index in [2.05, 4.69) is 0 Å². The van der Waals surface area contributed by atoms with Crippen LogP contribution in [0.4, 0.5) is 0 Å². The average molecular weight is 471 g/mol. The molecule has 0 saturated carbocycles. The number of rotatable bonds is 5. The number of Topliss-reactive ketones (excluding diaryl/α,β-unsaturated/α-hetero) is 1. The minimum Gasteiger partial charge on any atom is -0.292 e. The number of halogens is 2. The van der Waals surface area contributed by atoms with Gasteiger partial charge in [-0.15, -0.1) is 0 Å². The maximum atomic E-state index is 13.6. The van der Waals surface area contributed by atoms with Gasteiger partial charge in [-0.05, 0) is 56.2 Å². The number of carbonyl (C=O) groups excluding carboxylic acids is 4. The number of imide groups is 1. The van der Waals surface area contributed by atoms with Crippen LogP contribution in [0.2, 0.25) is 10.0 Å². The molecule has 1 aliphatic carbocycles. The van der Waals surface area contributed by atoms with Gasteiger partial charge in [0.2, 0.25) is 0 Å². The SMILES string of the molecule is C[C@H](C(=O)c1ccc(Cl)cc1)N(C(=O)c1ccccc1Cl)N1C(=O)[C@H]2CC=CC[C@@H]2C1=O. The molecule has 0 N–H and O–H groups in total. The average Bonchev–Trinajstić information content (AvgIpc) is 3.05. The van der Waals surface area contributed by atoms with E-state index in [-0.39, 0.29) is 10.6 Å². The van der Waals surface area contributed by atoms with Crippen molar-refractivity contribution >= 4 is 46.7 Å². The summed E-state index contributed by atoms with van der Waals surface area (Å²) in [6, 6.07) is 11.4. The maximum Gasteiger partial charge on any atom is 0.275 e. The first kappa shape index (κ1) is 22.2. The van der Waals surface area contributed by atoms with Crippen molar-refractivity contribution in [3.8, 4) is 0 Å². The van der Waals surface area contributed by atoms with Crippen LogP contribution in [-0.2, 0) is 9.59 Å². The van der Waals surface area contributed by atoms with Crippen LogP contribution in [-0.4, -0.2) is 39.6 Å². The lowest BCUT2D eigenvalue weighted by Crippen LogP contribution is -2.56. The summed E-state index contributed by atoms with van der Waals surface area (Å²) < 4.78 is 0. The van der Waals surface area contributed by atoms with Crippen LogP contribution >= 0.6 is 23.2 Å². The fraction of sp³-hybridized carbons (Fsp3) is 0.250. The third-order valence-corrected chi connectivity index (χ3v) is 6.47. The van der Waals surface area contributed by atoms with Gasteiger partial charge in [0.15, 0.2) is 5.78 Å². The molecule has 0 radical (unpaired) electrons. The number of hydrogen-bond acceptors (Lipinski definition) is 4. The molecule has 2 aliphatic rings. The van der Waals surface area contributed by atoms with E-state index < -0.39 is 41.4 Å². The number of fused-ring (bicyclic) bond motifs is 1. The number of carbonyl (C=O) groups is 4. The van der Waals surface area contributed by atoms with Gasteiger partial charge in [-0.1, -0.05) is 47.5 Å². The Bertz CT molecular complexity index is 1100. The molecule has 0 unspecified atom stereocenters. The summed E-state index contributed by atoms with van der Waals surface area (Å²) >= 11 is 12.2. The highest BCUT2D eigenvalue weighted by molar-refractivity contribution is 6.34. The number of hydrogen-bond donors (Lipinski definition) is 0. The highest BCUT2D eigenvalue weighted by Gasteiger charge is 2.52. The molecule has 4 rings (SSSR count). The zero-order chi connectivity index (χ0) is 23.0. The molecule has 2 aromatic rings. The van der Waals surface area contributed by atoms with Crippen LogP contribution < -0.4 is 0 Å². The third kappa shape index (κ3) is 3.85. The molecule has 32 heavy (non-hydrogen) atoms. The van der Waals surface area contributed by atoms with E-state index in [4.69, 9.17) is 23.2 Å². The Morgan fingerprint density at radius 1 is 0.938 bits per heavy atom. The van der Waals surface area contributed by atoms with Crippen LogP contribution in [0, 0.1) is 11.8 Å². The van der Waals surface area contributed by atoms with E-state index >= 15 is 0 Å². The van der Waals surface area contributed by atoms with Crippen molar-refractivity contribution in [2.75, 3.05) is 0 Å². The van der Waals surface area contributed by atoms with Crippen molar-refractivity contribution in [2.45, 2.75) is 25.8 Å². The Morgan fingerprint density at radius 2 is 1.50 bits per heavy atom. The first-order valence-electron chi connectivity index (χ1n) is 10.2. The van der Waals surface area contributed by atoms with Gasteiger partial charge in [0.1, 0.15) is 6.04 Å². The molecule has 3 amide bonds. The van der Waals surface area contributed by atoms with Crippen molar-refractivity contribution < 1.29 is 19.2 Å². The van der Waals surface area contributed by atoms with Crippen molar-refractivity contribution in [2.24, 2.45) is 11.8 Å². The second kappa shape index (κ2) is 8.88. The normalized spacial score (nSPS) is 20.8. The Morgan fingerprint density at radius 3 is 2.06 bits per heavy atom. The summed E-state index contributed by atoms with van der Waals surface area (Å²) in [5.41, 5.74) is 0.399. The quantitative estimate of drug-likeness (QED) is 0.364. The molecule has 0 spiro atoms. The standard InChI is InChI=1S/C24H20Cl2N2O4/c1-14(21(29)15-10-12-16(25)13-11-15)27(24(32)19-8-4-5-9-20(19)26)28-22(30)17-6-2-3-7-18(17)23(28)31/h2-5,8-14,17-18H,6-7H2,1H3/t14-,17+,18+/m1/s1. The van der Waals surface area contributed by atoms with Crippen molar-refractivity contribution in [1.29, 1.82) is 0 Å². The monoisotopic (exact) mass is 470 g/mol. The van der Waals surface area contributed by atoms with Crippen LogP contribution in [0.15, 0.2) is 60.7 Å². The number of nitrogens with zero attached hydrogens (tertiary/aromatic N) is 2. The Labute approximate surface area is 195 Å². The lowest BCUT2D eigenvalue weighted by Gasteiger charge is -2.35. The lowest BCUT2D eigenvalue weighted by atomic mass is 9.85. The van der Waals surface area contributed by atoms with Gasteiger partial charge in [-0.25, -0.2) is 5.01 Å². The van der Waals surface area contributed by atoms with E-state index in [0.717, 1.165) is 10.0 Å². The van der Waals surface area contributed by atoms with E-state index in [1.54, 1.807) is 24.3 Å². The van der Waals surface area contributed by atoms with Gasteiger partial charge < -0.3 is 0 Å². The summed E-state index contributed by atoms with van der Waals surface area (Å²) in [4.78, 5) is 53.3. The minimum atomic E-state index is -1.14. The zero-order valence-corrected chi connectivity index (χ0v) is 18.7. The predicted octanol–water partition coefficient (Wildman–Crippen LogP) is 4.57. The predicted molar refractivity (Wildman–Crippen MR) is 120 cm³/mol. The molecule has 1 aliphatic heterocycles. The number of ketones is 1. The molecule has 0 aromatic heterocycles. The Balaban J connectivity index is 1.76. The number of amides is 3. The molecule has 2 aromatic carbocycles. The highest BCUT2D eigenvalue weighted by Crippen LogP contribution is 2.37. The molecule has 8 heteroatoms. The van der Waals surface area contributed by atoms with Crippen molar-refractivity contribution in [3.05, 3.63) is 81.9 Å². The topological polar surface area (TPSA) is 74.8 Å². The van der Waals surface area contributed by atoms with Gasteiger partial charge in [-0.2, -0.15) is 5.01 Å². The first-order valence-corrected chi connectivity index (χ1v) is 11.0. The van der Waals surface area contributed by atoms with Crippen LogP contribution in [0.1, 0.15) is 40.5 Å². The van der Waals surface area contributed by atoms with Gasteiger partial charge in [0.25, 0.3) is 17.7 Å². The lowest BCUT2D eigenvalue weighted by molar-refractivity contribution is -0.156. The molecule has 1 fully saturated rings. The summed E-state index contributed by atoms with van der Waals surface area (Å²) in [6.07, 6.45) is 4.55.